The van der Waals surface area contributed by atoms with Gasteiger partial charge in [0.25, 0.3) is 0 Å². The average Bonchev–Trinajstić information content (AvgIpc) is 3.17. The van der Waals surface area contributed by atoms with Crippen LogP contribution in [0.25, 0.3) is 22.6 Å². The molecular formula is C22H16ClN3O3. The first kappa shape index (κ1) is 18.8. The van der Waals surface area contributed by atoms with Crippen LogP contribution in [0.5, 0.6) is 0 Å². The number of Topliss-reactive ketones (excluding diaryl/α,β-unsaturated/α-hetero) is 1. The summed E-state index contributed by atoms with van der Waals surface area (Å²) in [6.07, 6.45) is 3.53. The van der Waals surface area contributed by atoms with E-state index in [-0.39, 0.29) is 24.5 Å². The monoisotopic (exact) mass is 405 g/mol. The summed E-state index contributed by atoms with van der Waals surface area (Å²) in [7, 11) is 0. The van der Waals surface area contributed by atoms with Gasteiger partial charge in [0.15, 0.2) is 11.4 Å². The fourth-order valence-electron chi connectivity index (χ4n) is 2.85. The first-order chi connectivity index (χ1) is 14.1. The van der Waals surface area contributed by atoms with Crippen molar-refractivity contribution in [2.45, 2.75) is 12.8 Å². The summed E-state index contributed by atoms with van der Waals surface area (Å²) in [5.41, 5.74) is 3.19. The zero-order valence-corrected chi connectivity index (χ0v) is 16.0. The SMILES string of the molecule is O=C(CCC(=O)c1ccc(Cl)cc1)Nc1ccc2nc(-c3ccncc3)oc2c1. The fourth-order valence-corrected chi connectivity index (χ4v) is 2.98. The maximum Gasteiger partial charge on any atom is 0.227 e. The minimum atomic E-state index is -0.250. The van der Waals surface area contributed by atoms with Gasteiger partial charge in [-0.1, -0.05) is 11.6 Å². The molecule has 0 aliphatic rings. The molecule has 144 valence electrons. The molecule has 2 heterocycles. The number of ketones is 1. The van der Waals surface area contributed by atoms with E-state index in [2.05, 4.69) is 15.3 Å². The smallest absolute Gasteiger partial charge is 0.227 e. The number of amides is 1. The number of fused-ring (bicyclic) bond motifs is 1. The van der Waals surface area contributed by atoms with E-state index in [9.17, 15) is 9.59 Å². The Morgan fingerprint density at radius 3 is 2.48 bits per heavy atom. The molecule has 0 aliphatic carbocycles. The van der Waals surface area contributed by atoms with Crippen molar-refractivity contribution in [1.82, 2.24) is 9.97 Å². The van der Waals surface area contributed by atoms with E-state index in [0.29, 0.717) is 33.3 Å². The Balaban J connectivity index is 1.40. The second-order valence-electron chi connectivity index (χ2n) is 6.42. The highest BCUT2D eigenvalue weighted by Gasteiger charge is 2.12. The average molecular weight is 406 g/mol. The quantitative estimate of drug-likeness (QED) is 0.448. The van der Waals surface area contributed by atoms with Crippen LogP contribution in [0, 0.1) is 0 Å². The third-order valence-electron chi connectivity index (χ3n) is 4.34. The van der Waals surface area contributed by atoms with Crippen molar-refractivity contribution in [3.8, 4) is 11.5 Å². The van der Waals surface area contributed by atoms with Crippen molar-refractivity contribution in [3.63, 3.8) is 0 Å². The molecule has 0 spiro atoms. The molecule has 7 heteroatoms. The number of oxazole rings is 1. The lowest BCUT2D eigenvalue weighted by Crippen LogP contribution is -2.13. The molecular weight excluding hydrogens is 390 g/mol. The molecule has 1 amide bonds. The molecule has 29 heavy (non-hydrogen) atoms. The molecule has 6 nitrogen and oxygen atoms in total. The van der Waals surface area contributed by atoms with Gasteiger partial charge in [-0.05, 0) is 48.5 Å². The second kappa shape index (κ2) is 8.24. The molecule has 0 saturated heterocycles. The minimum Gasteiger partial charge on any atom is -0.436 e. The molecule has 2 aromatic heterocycles. The number of halogens is 1. The Bertz CT molecular complexity index is 1170. The number of hydrogen-bond acceptors (Lipinski definition) is 5. The van der Waals surface area contributed by atoms with Crippen molar-refractivity contribution in [2.75, 3.05) is 5.32 Å². The molecule has 0 atom stereocenters. The number of carbonyl (C=O) groups excluding carboxylic acids is 2. The van der Waals surface area contributed by atoms with Crippen LogP contribution < -0.4 is 5.32 Å². The van der Waals surface area contributed by atoms with Gasteiger partial charge >= 0.3 is 0 Å². The Kier molecular flexibility index (Phi) is 5.35. The minimum absolute atomic E-state index is 0.0815. The highest BCUT2D eigenvalue weighted by molar-refractivity contribution is 6.30. The van der Waals surface area contributed by atoms with Gasteiger partial charge in [-0.15, -0.1) is 0 Å². The predicted molar refractivity (Wildman–Crippen MR) is 111 cm³/mol. The molecule has 2 aromatic carbocycles. The summed E-state index contributed by atoms with van der Waals surface area (Å²) in [5, 5.41) is 3.35. The molecule has 0 aliphatic heterocycles. The topological polar surface area (TPSA) is 85.1 Å². The van der Waals surface area contributed by atoms with E-state index in [1.54, 1.807) is 54.9 Å². The fraction of sp³-hybridized carbons (Fsp3) is 0.0909. The molecule has 1 N–H and O–H groups in total. The molecule has 0 saturated carbocycles. The van der Waals surface area contributed by atoms with Gasteiger partial charge in [0.2, 0.25) is 11.8 Å². The van der Waals surface area contributed by atoms with Gasteiger partial charge in [0.1, 0.15) is 5.52 Å². The Labute approximate surface area is 171 Å². The van der Waals surface area contributed by atoms with E-state index in [0.717, 1.165) is 5.56 Å². The summed E-state index contributed by atoms with van der Waals surface area (Å²) in [6.45, 7) is 0. The lowest BCUT2D eigenvalue weighted by Gasteiger charge is -2.05. The van der Waals surface area contributed by atoms with E-state index < -0.39 is 0 Å². The summed E-state index contributed by atoms with van der Waals surface area (Å²) in [4.78, 5) is 32.8. The number of pyridine rings is 1. The highest BCUT2D eigenvalue weighted by Crippen LogP contribution is 2.26. The number of rotatable bonds is 6. The van der Waals surface area contributed by atoms with Gasteiger partial charge in [-0.25, -0.2) is 4.98 Å². The van der Waals surface area contributed by atoms with Crippen LogP contribution in [-0.2, 0) is 4.79 Å². The Hall–Kier alpha value is -3.51. The number of carbonyl (C=O) groups is 2. The normalized spacial score (nSPS) is 10.8. The number of anilines is 1. The summed E-state index contributed by atoms with van der Waals surface area (Å²) in [6, 6.07) is 15.5. The van der Waals surface area contributed by atoms with Crippen molar-refractivity contribution < 1.29 is 14.0 Å². The van der Waals surface area contributed by atoms with Crippen LogP contribution >= 0.6 is 11.6 Å². The van der Waals surface area contributed by atoms with Gasteiger partial charge in [0.05, 0.1) is 0 Å². The standard InChI is InChI=1S/C22H16ClN3O3/c23-16-3-1-14(2-4-16)19(27)7-8-21(28)25-17-5-6-18-20(13-17)29-22(26-18)15-9-11-24-12-10-15/h1-6,9-13H,7-8H2,(H,25,28). The first-order valence-corrected chi connectivity index (χ1v) is 9.36. The maximum atomic E-state index is 12.2. The Morgan fingerprint density at radius 1 is 0.966 bits per heavy atom. The predicted octanol–water partition coefficient (Wildman–Crippen LogP) is 5.14. The third kappa shape index (κ3) is 4.50. The molecule has 0 bridgehead atoms. The van der Waals surface area contributed by atoms with Crippen LogP contribution in [-0.4, -0.2) is 21.7 Å². The van der Waals surface area contributed by atoms with Crippen LogP contribution in [0.2, 0.25) is 5.02 Å². The van der Waals surface area contributed by atoms with Crippen LogP contribution in [0.3, 0.4) is 0 Å². The number of benzene rings is 2. The van der Waals surface area contributed by atoms with Crippen molar-refractivity contribution in [1.29, 1.82) is 0 Å². The molecule has 4 aromatic rings. The van der Waals surface area contributed by atoms with Crippen molar-refractivity contribution >= 4 is 40.1 Å². The number of hydrogen-bond donors (Lipinski definition) is 1. The summed E-state index contributed by atoms with van der Waals surface area (Å²) < 4.78 is 5.79. The van der Waals surface area contributed by atoms with Crippen LogP contribution in [0.4, 0.5) is 5.69 Å². The lowest BCUT2D eigenvalue weighted by molar-refractivity contribution is -0.116. The van der Waals surface area contributed by atoms with Crippen molar-refractivity contribution in [2.24, 2.45) is 0 Å². The van der Waals surface area contributed by atoms with E-state index in [1.807, 2.05) is 12.1 Å². The summed E-state index contributed by atoms with van der Waals surface area (Å²) >= 11 is 5.82. The largest absolute Gasteiger partial charge is 0.436 e. The van der Waals surface area contributed by atoms with Gasteiger partial charge in [-0.3, -0.25) is 14.6 Å². The van der Waals surface area contributed by atoms with E-state index >= 15 is 0 Å². The third-order valence-corrected chi connectivity index (χ3v) is 4.60. The van der Waals surface area contributed by atoms with Crippen LogP contribution in [0.15, 0.2) is 71.4 Å². The zero-order valence-electron chi connectivity index (χ0n) is 15.3. The zero-order chi connectivity index (χ0) is 20.2. The number of nitrogens with one attached hydrogen (secondary N) is 1. The van der Waals surface area contributed by atoms with Gasteiger partial charge < -0.3 is 9.73 Å². The molecule has 0 radical (unpaired) electrons. The van der Waals surface area contributed by atoms with Crippen LogP contribution in [0.1, 0.15) is 23.2 Å². The summed E-state index contributed by atoms with van der Waals surface area (Å²) in [5.74, 6) is 0.129. The molecule has 0 unspecified atom stereocenters. The maximum absolute atomic E-state index is 12.2. The Morgan fingerprint density at radius 2 is 1.72 bits per heavy atom. The number of aromatic nitrogens is 2. The van der Waals surface area contributed by atoms with Gasteiger partial charge in [-0.2, -0.15) is 0 Å². The molecule has 4 rings (SSSR count). The number of nitrogens with zero attached hydrogens (tertiary/aromatic N) is 2. The van der Waals surface area contributed by atoms with Gasteiger partial charge in [0, 0.05) is 53.1 Å². The van der Waals surface area contributed by atoms with Crippen molar-refractivity contribution in [3.05, 3.63) is 77.6 Å². The van der Waals surface area contributed by atoms with E-state index in [4.69, 9.17) is 16.0 Å². The molecule has 0 fully saturated rings. The van der Waals surface area contributed by atoms with E-state index in [1.165, 1.54) is 0 Å². The second-order valence-corrected chi connectivity index (χ2v) is 6.85. The first-order valence-electron chi connectivity index (χ1n) is 8.98. The highest BCUT2D eigenvalue weighted by atomic mass is 35.5. The lowest BCUT2D eigenvalue weighted by atomic mass is 10.1.